The zero-order valence-corrected chi connectivity index (χ0v) is 21.2. The second-order valence-electron chi connectivity index (χ2n) is 8.69. The van der Waals surface area contributed by atoms with E-state index in [2.05, 4.69) is 4.98 Å². The average Bonchev–Trinajstić information content (AvgIpc) is 2.91. The summed E-state index contributed by atoms with van der Waals surface area (Å²) < 4.78 is 6.27. The van der Waals surface area contributed by atoms with Crippen LogP contribution in [0, 0.1) is 13.8 Å². The number of rotatable bonds is 6. The molecule has 0 saturated heterocycles. The summed E-state index contributed by atoms with van der Waals surface area (Å²) in [5.74, 6) is 1.78. The van der Waals surface area contributed by atoms with Crippen LogP contribution in [-0.4, -0.2) is 38.8 Å². The Kier molecular flexibility index (Phi) is 6.71. The van der Waals surface area contributed by atoms with Crippen molar-refractivity contribution in [2.75, 3.05) is 17.7 Å². The highest BCUT2D eigenvalue weighted by atomic mass is 32.2. The van der Waals surface area contributed by atoms with Crippen LogP contribution in [0.25, 0.3) is 11.4 Å². The molecule has 2 aromatic heterocycles. The van der Waals surface area contributed by atoms with E-state index in [1.807, 2.05) is 68.4 Å². The Bertz CT molecular complexity index is 1430. The predicted octanol–water partition coefficient (Wildman–Crippen LogP) is 5.10. The molecule has 0 radical (unpaired) electrons. The number of para-hydroxylation sites is 1. The van der Waals surface area contributed by atoms with Gasteiger partial charge < -0.3 is 14.7 Å². The third-order valence-corrected chi connectivity index (χ3v) is 7.22. The number of hydrogen-bond donors (Lipinski definition) is 1. The number of fused-ring (bicyclic) bond motifs is 2. The maximum Gasteiger partial charge on any atom is 0.237 e. The summed E-state index contributed by atoms with van der Waals surface area (Å²) in [5, 5.41) is 10.6. The first-order chi connectivity index (χ1) is 17.4. The van der Waals surface area contributed by atoms with E-state index in [9.17, 15) is 9.90 Å². The molecule has 36 heavy (non-hydrogen) atoms. The summed E-state index contributed by atoms with van der Waals surface area (Å²) in [5.41, 5.74) is 5.96. The molecular formula is C28H26N4O3S. The molecule has 5 rings (SSSR count). The van der Waals surface area contributed by atoms with E-state index in [1.165, 1.54) is 11.8 Å². The monoisotopic (exact) mass is 498 g/mol. The molecule has 0 atom stereocenters. The number of amides is 1. The highest BCUT2D eigenvalue weighted by Crippen LogP contribution is 2.42. The van der Waals surface area contributed by atoms with Crippen molar-refractivity contribution in [3.8, 4) is 23.0 Å². The van der Waals surface area contributed by atoms with Crippen LogP contribution in [0.5, 0.6) is 11.6 Å². The lowest BCUT2D eigenvalue weighted by molar-refractivity contribution is -0.115. The molecule has 0 fully saturated rings. The number of aliphatic hydroxyl groups is 1. The van der Waals surface area contributed by atoms with Gasteiger partial charge >= 0.3 is 0 Å². The van der Waals surface area contributed by atoms with Gasteiger partial charge in [0.2, 0.25) is 11.8 Å². The van der Waals surface area contributed by atoms with Crippen LogP contribution in [0.15, 0.2) is 65.8 Å². The lowest BCUT2D eigenvalue weighted by atomic mass is 9.99. The smallest absolute Gasteiger partial charge is 0.237 e. The van der Waals surface area contributed by atoms with Crippen LogP contribution in [0.4, 0.5) is 5.69 Å². The first kappa shape index (κ1) is 24.0. The van der Waals surface area contributed by atoms with Crippen molar-refractivity contribution < 1.29 is 14.6 Å². The molecule has 7 nitrogen and oxygen atoms in total. The zero-order valence-electron chi connectivity index (χ0n) is 20.4. The minimum atomic E-state index is -0.139. The molecular weight excluding hydrogens is 472 g/mol. The molecule has 182 valence electrons. The SMILES string of the molecule is Cc1ccc(-c2nc3c(c(SCC(=O)N(C)c4ccccc4)n2)Cc2c(CO)cnc(C)c2O3)cc1. The van der Waals surface area contributed by atoms with E-state index in [1.54, 1.807) is 18.1 Å². The van der Waals surface area contributed by atoms with Crippen molar-refractivity contribution in [1.82, 2.24) is 15.0 Å². The molecule has 1 N–H and O–H groups in total. The molecule has 0 saturated carbocycles. The summed E-state index contributed by atoms with van der Waals surface area (Å²) in [7, 11) is 1.77. The summed E-state index contributed by atoms with van der Waals surface area (Å²) in [6.07, 6.45) is 2.17. The van der Waals surface area contributed by atoms with E-state index in [0.717, 1.165) is 33.6 Å². The molecule has 1 aliphatic rings. The largest absolute Gasteiger partial charge is 0.436 e. The van der Waals surface area contributed by atoms with Gasteiger partial charge in [0.15, 0.2) is 11.6 Å². The van der Waals surface area contributed by atoms with Crippen molar-refractivity contribution in [3.63, 3.8) is 0 Å². The molecule has 0 spiro atoms. The third-order valence-electron chi connectivity index (χ3n) is 6.22. The van der Waals surface area contributed by atoms with Crippen molar-refractivity contribution in [3.05, 3.63) is 88.7 Å². The van der Waals surface area contributed by atoms with E-state index in [-0.39, 0.29) is 18.3 Å². The standard InChI is InChI=1S/C28H26N4O3S/c1-17-9-11-19(12-10-17)26-30-27-23(13-22-20(15-33)14-29-18(2)25(22)35-27)28(31-26)36-16-24(34)32(3)21-7-5-4-6-8-21/h4-12,14,33H,13,15-16H2,1-3H3. The summed E-state index contributed by atoms with van der Waals surface area (Å²) >= 11 is 1.37. The molecule has 1 aliphatic heterocycles. The van der Waals surface area contributed by atoms with Gasteiger partial charge in [0.25, 0.3) is 0 Å². The first-order valence-electron chi connectivity index (χ1n) is 11.6. The lowest BCUT2D eigenvalue weighted by Crippen LogP contribution is -2.28. The van der Waals surface area contributed by atoms with Crippen LogP contribution >= 0.6 is 11.8 Å². The molecule has 8 heteroatoms. The number of pyridine rings is 1. The van der Waals surface area contributed by atoms with Crippen LogP contribution in [-0.2, 0) is 17.8 Å². The van der Waals surface area contributed by atoms with Crippen LogP contribution in [0.2, 0.25) is 0 Å². The van der Waals surface area contributed by atoms with E-state index in [4.69, 9.17) is 14.7 Å². The molecule has 4 aromatic rings. The van der Waals surface area contributed by atoms with Crippen molar-refractivity contribution in [2.45, 2.75) is 31.9 Å². The van der Waals surface area contributed by atoms with Crippen LogP contribution in [0.1, 0.15) is 27.9 Å². The number of aromatic nitrogens is 3. The number of hydrogen-bond acceptors (Lipinski definition) is 7. The Morgan fingerprint density at radius 2 is 1.81 bits per heavy atom. The van der Waals surface area contributed by atoms with Gasteiger partial charge in [-0.2, -0.15) is 4.98 Å². The summed E-state index contributed by atoms with van der Waals surface area (Å²) in [4.78, 5) is 28.6. The molecule has 3 heterocycles. The Hall–Kier alpha value is -3.75. The molecule has 0 bridgehead atoms. The van der Waals surface area contributed by atoms with Gasteiger partial charge in [-0.25, -0.2) is 4.98 Å². The topological polar surface area (TPSA) is 88.4 Å². The highest BCUT2D eigenvalue weighted by Gasteiger charge is 2.28. The van der Waals surface area contributed by atoms with E-state index >= 15 is 0 Å². The Balaban J connectivity index is 1.51. The predicted molar refractivity (Wildman–Crippen MR) is 141 cm³/mol. The number of carbonyl (C=O) groups is 1. The number of benzene rings is 2. The first-order valence-corrected chi connectivity index (χ1v) is 12.6. The molecule has 0 aliphatic carbocycles. The second kappa shape index (κ2) is 10.1. The average molecular weight is 499 g/mol. The van der Waals surface area contributed by atoms with Gasteiger partial charge in [-0.15, -0.1) is 0 Å². The lowest BCUT2D eigenvalue weighted by Gasteiger charge is -2.24. The fraction of sp³-hybridized carbons (Fsp3) is 0.214. The number of anilines is 1. The van der Waals surface area contributed by atoms with Crippen LogP contribution < -0.4 is 9.64 Å². The van der Waals surface area contributed by atoms with Gasteiger partial charge in [0.1, 0.15) is 5.03 Å². The van der Waals surface area contributed by atoms with Gasteiger partial charge in [0.05, 0.1) is 23.6 Å². The molecule has 0 unspecified atom stereocenters. The van der Waals surface area contributed by atoms with E-state index < -0.39 is 0 Å². The number of thioether (sulfide) groups is 1. The Labute approximate surface area is 214 Å². The summed E-state index contributed by atoms with van der Waals surface area (Å²) in [6, 6.07) is 17.5. The maximum atomic E-state index is 13.0. The Morgan fingerprint density at radius 3 is 2.53 bits per heavy atom. The van der Waals surface area contributed by atoms with E-state index in [0.29, 0.717) is 34.5 Å². The van der Waals surface area contributed by atoms with Crippen molar-refractivity contribution in [1.29, 1.82) is 0 Å². The molecule has 2 aromatic carbocycles. The number of aliphatic hydroxyl groups excluding tert-OH is 1. The number of aryl methyl sites for hydroxylation is 2. The summed E-state index contributed by atoms with van der Waals surface area (Å²) in [6.45, 7) is 3.77. The van der Waals surface area contributed by atoms with Gasteiger partial charge in [-0.05, 0) is 26.0 Å². The second-order valence-corrected chi connectivity index (χ2v) is 9.66. The van der Waals surface area contributed by atoms with Crippen molar-refractivity contribution in [2.24, 2.45) is 0 Å². The van der Waals surface area contributed by atoms with Gasteiger partial charge in [-0.3, -0.25) is 9.78 Å². The Morgan fingerprint density at radius 1 is 1.06 bits per heavy atom. The maximum absolute atomic E-state index is 13.0. The third kappa shape index (κ3) is 4.69. The van der Waals surface area contributed by atoms with Gasteiger partial charge in [-0.1, -0.05) is 59.8 Å². The molecule has 1 amide bonds. The van der Waals surface area contributed by atoms with Gasteiger partial charge in [0, 0.05) is 42.0 Å². The quantitative estimate of drug-likeness (QED) is 0.257. The number of carbonyl (C=O) groups excluding carboxylic acids is 1. The fourth-order valence-electron chi connectivity index (χ4n) is 4.07. The number of nitrogens with zero attached hydrogens (tertiary/aromatic N) is 4. The highest BCUT2D eigenvalue weighted by molar-refractivity contribution is 8.00. The number of ether oxygens (including phenoxy) is 1. The van der Waals surface area contributed by atoms with Crippen molar-refractivity contribution >= 4 is 23.4 Å². The minimum Gasteiger partial charge on any atom is -0.436 e. The normalized spacial score (nSPS) is 11.9. The fourth-order valence-corrected chi connectivity index (χ4v) is 5.01. The van der Waals surface area contributed by atoms with Crippen LogP contribution in [0.3, 0.4) is 0 Å². The minimum absolute atomic E-state index is 0.0383. The zero-order chi connectivity index (χ0) is 25.2.